The Labute approximate surface area is 120 Å². The first-order chi connectivity index (χ1) is 8.79. The fourth-order valence-corrected chi connectivity index (χ4v) is 2.88. The molecule has 0 spiro atoms. The zero-order valence-corrected chi connectivity index (χ0v) is 12.6. The molecule has 0 bridgehead atoms. The first-order valence-corrected chi connectivity index (χ1v) is 7.56. The Morgan fingerprint density at radius 2 is 2.06 bits per heavy atom. The Kier molecular flexibility index (Phi) is 5.23. The molecule has 0 saturated heterocycles. The van der Waals surface area contributed by atoms with Gasteiger partial charge in [0.1, 0.15) is 5.75 Å². The summed E-state index contributed by atoms with van der Waals surface area (Å²) < 4.78 is 6.81. The molecule has 2 aromatic rings. The Morgan fingerprint density at radius 3 is 2.67 bits per heavy atom. The van der Waals surface area contributed by atoms with Crippen molar-refractivity contribution in [2.24, 2.45) is 0 Å². The summed E-state index contributed by atoms with van der Waals surface area (Å²) in [4.78, 5) is 1.36. The molecular weight excluding hydrogens is 310 g/mol. The van der Waals surface area contributed by atoms with Gasteiger partial charge in [-0.2, -0.15) is 0 Å². The number of halogens is 1. The number of ether oxygens (including phenoxy) is 1. The first-order valence-electron chi connectivity index (χ1n) is 5.88. The molecule has 2 rings (SSSR count). The van der Waals surface area contributed by atoms with Crippen molar-refractivity contribution in [2.45, 2.75) is 12.5 Å². The average molecular weight is 326 g/mol. The predicted octanol–water partition coefficient (Wildman–Crippen LogP) is 4.24. The van der Waals surface area contributed by atoms with Gasteiger partial charge in [0.25, 0.3) is 0 Å². The fraction of sp³-hybridized carbons (Fsp3) is 0.286. The number of thiophene rings is 1. The molecule has 1 unspecified atom stereocenters. The quantitative estimate of drug-likeness (QED) is 0.857. The number of nitrogens with one attached hydrogen (secondary N) is 1. The van der Waals surface area contributed by atoms with E-state index in [9.17, 15) is 0 Å². The summed E-state index contributed by atoms with van der Waals surface area (Å²) in [7, 11) is 1.99. The van der Waals surface area contributed by atoms with E-state index in [1.807, 2.05) is 31.3 Å². The fourth-order valence-electron chi connectivity index (χ4n) is 1.74. The van der Waals surface area contributed by atoms with E-state index in [0.29, 0.717) is 12.6 Å². The van der Waals surface area contributed by atoms with Gasteiger partial charge in [-0.25, -0.2) is 0 Å². The van der Waals surface area contributed by atoms with Gasteiger partial charge in [0.15, 0.2) is 0 Å². The smallest absolute Gasteiger partial charge is 0.119 e. The molecule has 18 heavy (non-hydrogen) atoms. The van der Waals surface area contributed by atoms with Crippen molar-refractivity contribution in [1.82, 2.24) is 5.32 Å². The van der Waals surface area contributed by atoms with Gasteiger partial charge in [-0.1, -0.05) is 22.0 Å². The van der Waals surface area contributed by atoms with Gasteiger partial charge in [-0.3, -0.25) is 0 Å². The highest BCUT2D eigenvalue weighted by atomic mass is 79.9. The maximum atomic E-state index is 5.74. The third kappa shape index (κ3) is 3.83. The normalized spacial score (nSPS) is 12.3. The van der Waals surface area contributed by atoms with Gasteiger partial charge >= 0.3 is 0 Å². The molecule has 1 N–H and O–H groups in total. The molecule has 0 amide bonds. The van der Waals surface area contributed by atoms with Gasteiger partial charge in [-0.05, 0) is 42.8 Å². The maximum absolute atomic E-state index is 5.74. The molecule has 1 aromatic heterocycles. The number of benzene rings is 1. The van der Waals surface area contributed by atoms with Crippen LogP contribution in [0.4, 0.5) is 0 Å². The van der Waals surface area contributed by atoms with E-state index < -0.39 is 0 Å². The Hall–Kier alpha value is -0.840. The lowest BCUT2D eigenvalue weighted by atomic mass is 10.2. The van der Waals surface area contributed by atoms with Crippen molar-refractivity contribution in [2.75, 3.05) is 13.7 Å². The zero-order chi connectivity index (χ0) is 12.8. The van der Waals surface area contributed by atoms with Gasteiger partial charge in [0, 0.05) is 21.8 Å². The van der Waals surface area contributed by atoms with Crippen LogP contribution in [0.25, 0.3) is 0 Å². The van der Waals surface area contributed by atoms with Crippen LogP contribution in [0.15, 0.2) is 46.3 Å². The standard InChI is InChI=1S/C14H16BrNOS/c1-16-13(14-3-2-10-18-14)8-9-17-12-6-4-11(15)5-7-12/h2-7,10,13,16H,8-9H2,1H3. The third-order valence-corrected chi connectivity index (χ3v) is 4.24. The Balaban J connectivity index is 1.82. The van der Waals surface area contributed by atoms with E-state index in [4.69, 9.17) is 4.74 Å². The molecule has 0 saturated carbocycles. The molecule has 2 nitrogen and oxygen atoms in total. The van der Waals surface area contributed by atoms with Crippen molar-refractivity contribution < 1.29 is 4.74 Å². The van der Waals surface area contributed by atoms with E-state index >= 15 is 0 Å². The van der Waals surface area contributed by atoms with Crippen LogP contribution in [0.2, 0.25) is 0 Å². The topological polar surface area (TPSA) is 21.3 Å². The largest absolute Gasteiger partial charge is 0.494 e. The summed E-state index contributed by atoms with van der Waals surface area (Å²) in [6, 6.07) is 12.5. The molecule has 0 aliphatic rings. The van der Waals surface area contributed by atoms with Gasteiger partial charge in [0.2, 0.25) is 0 Å². The van der Waals surface area contributed by atoms with Gasteiger partial charge < -0.3 is 10.1 Å². The molecule has 0 aliphatic carbocycles. The summed E-state index contributed by atoms with van der Waals surface area (Å²) in [6.07, 6.45) is 0.965. The Morgan fingerprint density at radius 1 is 1.28 bits per heavy atom. The molecule has 0 fully saturated rings. The molecule has 4 heteroatoms. The highest BCUT2D eigenvalue weighted by molar-refractivity contribution is 9.10. The minimum Gasteiger partial charge on any atom is -0.494 e. The van der Waals surface area contributed by atoms with E-state index in [0.717, 1.165) is 16.6 Å². The number of rotatable bonds is 6. The minimum absolute atomic E-state index is 0.375. The van der Waals surface area contributed by atoms with E-state index in [2.05, 4.69) is 38.8 Å². The molecular formula is C14H16BrNOS. The Bertz CT molecular complexity index is 455. The van der Waals surface area contributed by atoms with Crippen molar-refractivity contribution in [3.05, 3.63) is 51.1 Å². The summed E-state index contributed by atoms with van der Waals surface area (Å²) in [5, 5.41) is 5.43. The van der Waals surface area contributed by atoms with Crippen molar-refractivity contribution >= 4 is 27.3 Å². The maximum Gasteiger partial charge on any atom is 0.119 e. The summed E-state index contributed by atoms with van der Waals surface area (Å²) in [6.45, 7) is 0.713. The third-order valence-electron chi connectivity index (χ3n) is 2.72. The van der Waals surface area contributed by atoms with Crippen LogP contribution in [-0.2, 0) is 0 Å². The minimum atomic E-state index is 0.375. The second-order valence-corrected chi connectivity index (χ2v) is 5.84. The molecule has 96 valence electrons. The van der Waals surface area contributed by atoms with Crippen LogP contribution < -0.4 is 10.1 Å². The second kappa shape index (κ2) is 6.92. The summed E-state index contributed by atoms with van der Waals surface area (Å²) in [5.74, 6) is 0.916. The van der Waals surface area contributed by atoms with Crippen LogP contribution in [0.1, 0.15) is 17.3 Å². The predicted molar refractivity (Wildman–Crippen MR) is 80.4 cm³/mol. The van der Waals surface area contributed by atoms with Crippen molar-refractivity contribution in [3.8, 4) is 5.75 Å². The highest BCUT2D eigenvalue weighted by Gasteiger charge is 2.09. The van der Waals surface area contributed by atoms with Crippen LogP contribution in [-0.4, -0.2) is 13.7 Å². The lowest BCUT2D eigenvalue weighted by Crippen LogP contribution is -2.18. The van der Waals surface area contributed by atoms with Crippen LogP contribution >= 0.6 is 27.3 Å². The van der Waals surface area contributed by atoms with Crippen LogP contribution in [0.5, 0.6) is 5.75 Å². The van der Waals surface area contributed by atoms with Crippen molar-refractivity contribution in [1.29, 1.82) is 0 Å². The summed E-state index contributed by atoms with van der Waals surface area (Å²) >= 11 is 5.19. The lowest BCUT2D eigenvalue weighted by molar-refractivity contribution is 0.291. The average Bonchev–Trinajstić information content (AvgIpc) is 2.91. The van der Waals surface area contributed by atoms with Crippen molar-refractivity contribution in [3.63, 3.8) is 0 Å². The molecule has 1 aromatic carbocycles. The molecule has 0 radical (unpaired) electrons. The van der Waals surface area contributed by atoms with E-state index in [-0.39, 0.29) is 0 Å². The lowest BCUT2D eigenvalue weighted by Gasteiger charge is -2.15. The SMILES string of the molecule is CNC(CCOc1ccc(Br)cc1)c1cccs1. The monoisotopic (exact) mass is 325 g/mol. The molecule has 1 atom stereocenters. The number of hydrogen-bond donors (Lipinski definition) is 1. The first kappa shape index (κ1) is 13.6. The highest BCUT2D eigenvalue weighted by Crippen LogP contribution is 2.22. The van der Waals surface area contributed by atoms with E-state index in [1.165, 1.54) is 4.88 Å². The van der Waals surface area contributed by atoms with Crippen LogP contribution in [0, 0.1) is 0 Å². The van der Waals surface area contributed by atoms with E-state index in [1.54, 1.807) is 11.3 Å². The van der Waals surface area contributed by atoms with Gasteiger partial charge in [-0.15, -0.1) is 11.3 Å². The van der Waals surface area contributed by atoms with Gasteiger partial charge in [0.05, 0.1) is 6.61 Å². The zero-order valence-electron chi connectivity index (χ0n) is 10.2. The molecule has 0 aliphatic heterocycles. The number of hydrogen-bond acceptors (Lipinski definition) is 3. The summed E-state index contributed by atoms with van der Waals surface area (Å²) in [5.41, 5.74) is 0. The molecule has 1 heterocycles. The van der Waals surface area contributed by atoms with Crippen LogP contribution in [0.3, 0.4) is 0 Å². The second-order valence-electron chi connectivity index (χ2n) is 3.95.